The first-order valence-electron chi connectivity index (χ1n) is 5.61. The van der Waals surface area contributed by atoms with Crippen LogP contribution in [0, 0.1) is 11.6 Å². The third kappa shape index (κ3) is 2.82. The van der Waals surface area contributed by atoms with Gasteiger partial charge in [0.05, 0.1) is 0 Å². The number of nitrogen functional groups attached to an aromatic ring is 1. The summed E-state index contributed by atoms with van der Waals surface area (Å²) in [5, 5.41) is 2.40. The summed E-state index contributed by atoms with van der Waals surface area (Å²) in [7, 11) is 1.46. The number of rotatable bonds is 3. The van der Waals surface area contributed by atoms with Crippen LogP contribution < -0.4 is 15.8 Å². The average molecular weight is 279 g/mol. The van der Waals surface area contributed by atoms with E-state index in [1.807, 2.05) is 0 Å². The minimum absolute atomic E-state index is 0.0664. The molecule has 5 nitrogen and oxygen atoms in total. The lowest BCUT2D eigenvalue weighted by Gasteiger charge is -2.08. The van der Waals surface area contributed by atoms with Crippen molar-refractivity contribution >= 4 is 11.6 Å². The highest BCUT2D eigenvalue weighted by atomic mass is 19.1. The highest BCUT2D eigenvalue weighted by Gasteiger charge is 2.11. The largest absolute Gasteiger partial charge is 0.457 e. The maximum absolute atomic E-state index is 13.3. The van der Waals surface area contributed by atoms with E-state index in [9.17, 15) is 13.6 Å². The van der Waals surface area contributed by atoms with Gasteiger partial charge in [-0.05, 0) is 6.07 Å². The van der Waals surface area contributed by atoms with E-state index in [0.717, 1.165) is 12.1 Å². The topological polar surface area (TPSA) is 77.2 Å². The molecule has 0 aliphatic heterocycles. The number of nitrogens with zero attached hydrogens (tertiary/aromatic N) is 1. The Kier molecular flexibility index (Phi) is 3.79. The number of nitrogens with one attached hydrogen (secondary N) is 1. The zero-order valence-corrected chi connectivity index (χ0v) is 10.5. The first kappa shape index (κ1) is 13.7. The predicted octanol–water partition coefficient (Wildman–Crippen LogP) is 2.09. The van der Waals surface area contributed by atoms with Crippen LogP contribution in [0.5, 0.6) is 11.5 Å². The molecule has 1 aromatic carbocycles. The maximum atomic E-state index is 13.3. The van der Waals surface area contributed by atoms with E-state index in [4.69, 9.17) is 10.5 Å². The van der Waals surface area contributed by atoms with Crippen molar-refractivity contribution in [3.8, 4) is 11.5 Å². The minimum atomic E-state index is -0.916. The van der Waals surface area contributed by atoms with E-state index in [1.165, 1.54) is 25.4 Å². The highest BCUT2D eigenvalue weighted by Crippen LogP contribution is 2.26. The minimum Gasteiger partial charge on any atom is -0.457 e. The number of benzene rings is 1. The quantitative estimate of drug-likeness (QED) is 0.843. The number of pyridine rings is 1. The Morgan fingerprint density at radius 2 is 1.90 bits per heavy atom. The first-order valence-corrected chi connectivity index (χ1v) is 5.61. The van der Waals surface area contributed by atoms with Crippen LogP contribution in [0.15, 0.2) is 30.5 Å². The van der Waals surface area contributed by atoms with Crippen LogP contribution in [-0.4, -0.2) is 17.9 Å². The van der Waals surface area contributed by atoms with Crippen molar-refractivity contribution < 1.29 is 18.3 Å². The lowest BCUT2D eigenvalue weighted by atomic mass is 10.2. The fourth-order valence-corrected chi connectivity index (χ4v) is 1.48. The average Bonchev–Trinajstić information content (AvgIpc) is 2.44. The standard InChI is InChI=1S/C13H11F2N3O2/c1-17-13(19)11-6-7(2-3-18-11)20-8-4-9(14)12(16)10(15)5-8/h2-6H,16H2,1H3,(H,17,19). The lowest BCUT2D eigenvalue weighted by molar-refractivity contribution is 0.0958. The molecule has 0 saturated carbocycles. The zero-order chi connectivity index (χ0) is 14.7. The number of hydrogen-bond acceptors (Lipinski definition) is 4. The molecule has 0 atom stereocenters. The zero-order valence-electron chi connectivity index (χ0n) is 10.5. The Morgan fingerprint density at radius 3 is 2.50 bits per heavy atom. The summed E-state index contributed by atoms with van der Waals surface area (Å²) in [6, 6.07) is 4.72. The predicted molar refractivity (Wildman–Crippen MR) is 68.5 cm³/mol. The first-order chi connectivity index (χ1) is 9.51. The molecule has 0 aliphatic rings. The summed E-state index contributed by atoms with van der Waals surface area (Å²) >= 11 is 0. The molecule has 20 heavy (non-hydrogen) atoms. The number of hydrogen-bond donors (Lipinski definition) is 2. The highest BCUT2D eigenvalue weighted by molar-refractivity contribution is 5.92. The van der Waals surface area contributed by atoms with Crippen molar-refractivity contribution in [2.45, 2.75) is 0 Å². The molecule has 104 valence electrons. The van der Waals surface area contributed by atoms with Gasteiger partial charge in [-0.25, -0.2) is 8.78 Å². The Labute approximate surface area is 113 Å². The Hall–Kier alpha value is -2.70. The van der Waals surface area contributed by atoms with E-state index in [0.29, 0.717) is 0 Å². The second kappa shape index (κ2) is 5.52. The van der Waals surface area contributed by atoms with E-state index >= 15 is 0 Å². The van der Waals surface area contributed by atoms with Gasteiger partial charge in [-0.3, -0.25) is 9.78 Å². The molecule has 0 fully saturated rings. The molecule has 1 heterocycles. The number of aromatic nitrogens is 1. The van der Waals surface area contributed by atoms with E-state index in [-0.39, 0.29) is 17.2 Å². The van der Waals surface area contributed by atoms with Crippen molar-refractivity contribution in [2.75, 3.05) is 12.8 Å². The third-order valence-electron chi connectivity index (χ3n) is 2.48. The second-order valence-electron chi connectivity index (χ2n) is 3.86. The molecule has 0 spiro atoms. The molecule has 0 radical (unpaired) electrons. The number of ether oxygens (including phenoxy) is 1. The van der Waals surface area contributed by atoms with Gasteiger partial charge in [-0.15, -0.1) is 0 Å². The summed E-state index contributed by atoms with van der Waals surface area (Å²) in [5.74, 6) is -2.07. The monoisotopic (exact) mass is 279 g/mol. The van der Waals surface area contributed by atoms with Gasteiger partial charge in [0.15, 0.2) is 11.6 Å². The summed E-state index contributed by atoms with van der Waals surface area (Å²) in [5.41, 5.74) is 4.71. The molecule has 0 saturated heterocycles. The van der Waals surface area contributed by atoms with E-state index < -0.39 is 23.2 Å². The number of carbonyl (C=O) groups is 1. The van der Waals surface area contributed by atoms with Gasteiger partial charge in [0, 0.05) is 31.4 Å². The third-order valence-corrected chi connectivity index (χ3v) is 2.48. The molecule has 7 heteroatoms. The van der Waals surface area contributed by atoms with Gasteiger partial charge in [-0.2, -0.15) is 0 Å². The Morgan fingerprint density at radius 1 is 1.25 bits per heavy atom. The molecule has 0 unspecified atom stereocenters. The molecule has 0 aliphatic carbocycles. The Bertz CT molecular complexity index is 639. The van der Waals surface area contributed by atoms with Crippen molar-refractivity contribution in [2.24, 2.45) is 0 Å². The number of halogens is 2. The summed E-state index contributed by atoms with van der Waals surface area (Å²) in [6.45, 7) is 0. The summed E-state index contributed by atoms with van der Waals surface area (Å²) in [6.07, 6.45) is 1.35. The molecule has 1 aromatic heterocycles. The van der Waals surface area contributed by atoms with Crippen molar-refractivity contribution in [1.29, 1.82) is 0 Å². The second-order valence-corrected chi connectivity index (χ2v) is 3.86. The molecule has 1 amide bonds. The maximum Gasteiger partial charge on any atom is 0.269 e. The summed E-state index contributed by atoms with van der Waals surface area (Å²) in [4.78, 5) is 15.2. The van der Waals surface area contributed by atoms with Gasteiger partial charge in [-0.1, -0.05) is 0 Å². The molecular formula is C13H11F2N3O2. The number of amides is 1. The molecule has 2 aromatic rings. The molecule has 2 rings (SSSR count). The number of anilines is 1. The van der Waals surface area contributed by atoms with Crippen LogP contribution >= 0.6 is 0 Å². The summed E-state index contributed by atoms with van der Waals surface area (Å²) < 4.78 is 31.8. The van der Waals surface area contributed by atoms with Crippen LogP contribution in [0.1, 0.15) is 10.5 Å². The van der Waals surface area contributed by atoms with Crippen LogP contribution in [0.3, 0.4) is 0 Å². The van der Waals surface area contributed by atoms with Crippen molar-refractivity contribution in [3.63, 3.8) is 0 Å². The van der Waals surface area contributed by atoms with E-state index in [1.54, 1.807) is 0 Å². The van der Waals surface area contributed by atoms with Crippen molar-refractivity contribution in [3.05, 3.63) is 47.8 Å². The Balaban J connectivity index is 2.28. The SMILES string of the molecule is CNC(=O)c1cc(Oc2cc(F)c(N)c(F)c2)ccn1. The van der Waals surface area contributed by atoms with Crippen LogP contribution in [0.25, 0.3) is 0 Å². The molecular weight excluding hydrogens is 268 g/mol. The van der Waals surface area contributed by atoms with Gasteiger partial charge < -0.3 is 15.8 Å². The van der Waals surface area contributed by atoms with Gasteiger partial charge in [0.2, 0.25) is 0 Å². The lowest BCUT2D eigenvalue weighted by Crippen LogP contribution is -2.18. The number of carbonyl (C=O) groups excluding carboxylic acids is 1. The smallest absolute Gasteiger partial charge is 0.269 e. The normalized spacial score (nSPS) is 10.2. The fraction of sp³-hybridized carbons (Fsp3) is 0.0769. The van der Waals surface area contributed by atoms with Crippen LogP contribution in [0.2, 0.25) is 0 Å². The fourth-order valence-electron chi connectivity index (χ4n) is 1.48. The van der Waals surface area contributed by atoms with Crippen LogP contribution in [-0.2, 0) is 0 Å². The van der Waals surface area contributed by atoms with Gasteiger partial charge in [0.25, 0.3) is 5.91 Å². The van der Waals surface area contributed by atoms with Gasteiger partial charge >= 0.3 is 0 Å². The van der Waals surface area contributed by atoms with Crippen LogP contribution in [0.4, 0.5) is 14.5 Å². The molecule has 3 N–H and O–H groups in total. The van der Waals surface area contributed by atoms with E-state index in [2.05, 4.69) is 10.3 Å². The molecule has 0 bridgehead atoms. The van der Waals surface area contributed by atoms with Crippen molar-refractivity contribution in [1.82, 2.24) is 10.3 Å². The number of nitrogens with two attached hydrogens (primary N) is 1. The van der Waals surface area contributed by atoms with Gasteiger partial charge in [0.1, 0.15) is 22.9 Å².